The lowest BCUT2D eigenvalue weighted by Crippen LogP contribution is -2.33. The Morgan fingerprint density at radius 1 is 0.362 bits per heavy atom. The second kappa shape index (κ2) is 49.0. The summed E-state index contributed by atoms with van der Waals surface area (Å²) in [6.45, 7) is 24.6. The second-order valence-electron chi connectivity index (χ2n) is 19.0. The van der Waals surface area contributed by atoms with Crippen molar-refractivity contribution >= 4 is 0 Å². The van der Waals surface area contributed by atoms with Gasteiger partial charge in [-0.25, -0.2) is 0 Å². The summed E-state index contributed by atoms with van der Waals surface area (Å²) >= 11 is 0. The molecule has 2 unspecified atom stereocenters. The van der Waals surface area contributed by atoms with Crippen LogP contribution in [0.15, 0.2) is 24.3 Å². The summed E-state index contributed by atoms with van der Waals surface area (Å²) < 4.78 is 0. The lowest BCUT2D eigenvalue weighted by molar-refractivity contribution is 0.203. The smallest absolute Gasteiger partial charge is 0.000692 e. The lowest BCUT2D eigenvalue weighted by atomic mass is 10.1. The second-order valence-corrected chi connectivity index (χ2v) is 19.0. The molecular weight excluding hydrogens is 703 g/mol. The van der Waals surface area contributed by atoms with E-state index in [2.05, 4.69) is 81.0 Å². The van der Waals surface area contributed by atoms with Crippen molar-refractivity contribution in [1.82, 2.24) is 15.1 Å². The van der Waals surface area contributed by atoms with E-state index in [1.54, 1.807) is 0 Å². The molecule has 3 nitrogen and oxygen atoms in total. The molecule has 1 rings (SSSR count). The van der Waals surface area contributed by atoms with Gasteiger partial charge in [-0.15, -0.1) is 0 Å². The highest BCUT2D eigenvalue weighted by Gasteiger charge is 2.12. The summed E-state index contributed by atoms with van der Waals surface area (Å²) in [7, 11) is 0. The molecule has 346 valence electrons. The van der Waals surface area contributed by atoms with E-state index in [1.165, 1.54) is 277 Å². The lowest BCUT2D eigenvalue weighted by Gasteiger charge is -2.27. The molecule has 0 aromatic heterocycles. The first-order valence-electron chi connectivity index (χ1n) is 27.0. The van der Waals surface area contributed by atoms with Gasteiger partial charge >= 0.3 is 0 Å². The van der Waals surface area contributed by atoms with Crippen LogP contribution < -0.4 is 5.32 Å². The van der Waals surface area contributed by atoms with E-state index in [1.807, 2.05) is 0 Å². The first-order chi connectivity index (χ1) is 28.6. The van der Waals surface area contributed by atoms with Crippen molar-refractivity contribution in [1.29, 1.82) is 0 Å². The van der Waals surface area contributed by atoms with Crippen LogP contribution in [-0.2, 0) is 0 Å². The van der Waals surface area contributed by atoms with Crippen molar-refractivity contribution in [2.75, 3.05) is 52.4 Å². The normalized spacial score (nSPS) is 14.6. The van der Waals surface area contributed by atoms with Crippen molar-refractivity contribution in [3.05, 3.63) is 24.3 Å². The van der Waals surface area contributed by atoms with Gasteiger partial charge in [0.1, 0.15) is 0 Å². The van der Waals surface area contributed by atoms with Crippen LogP contribution in [0.4, 0.5) is 0 Å². The third-order valence-electron chi connectivity index (χ3n) is 12.9. The Bertz CT molecular complexity index is 731. The molecule has 1 saturated heterocycles. The number of rotatable bonds is 43. The number of piperidine rings is 1. The maximum absolute atomic E-state index is 3.28. The van der Waals surface area contributed by atoms with Crippen LogP contribution in [0.1, 0.15) is 266 Å². The molecule has 0 amide bonds. The largest absolute Gasteiger partial charge is 0.317 e. The number of unbranched alkanes of at least 4 members (excludes halogenated alkanes) is 25. The minimum atomic E-state index is 0.822. The van der Waals surface area contributed by atoms with Crippen LogP contribution in [0.5, 0.6) is 0 Å². The molecule has 2 atom stereocenters. The third-order valence-corrected chi connectivity index (χ3v) is 12.9. The zero-order chi connectivity index (χ0) is 42.3. The zero-order valence-corrected chi connectivity index (χ0v) is 41.3. The van der Waals surface area contributed by atoms with E-state index >= 15 is 0 Å². The highest BCUT2D eigenvalue weighted by atomic mass is 15.1. The van der Waals surface area contributed by atoms with Crippen molar-refractivity contribution in [2.45, 2.75) is 266 Å². The van der Waals surface area contributed by atoms with Gasteiger partial charge in [0, 0.05) is 13.1 Å². The van der Waals surface area contributed by atoms with Gasteiger partial charge in [0.05, 0.1) is 0 Å². The predicted octanol–water partition coefficient (Wildman–Crippen LogP) is 17.3. The number of hydrogen-bond donors (Lipinski definition) is 1. The van der Waals surface area contributed by atoms with Gasteiger partial charge in [0.25, 0.3) is 0 Å². The van der Waals surface area contributed by atoms with Crippen LogP contribution in [-0.4, -0.2) is 62.2 Å². The quantitative estimate of drug-likeness (QED) is 0.0489. The predicted molar refractivity (Wildman–Crippen MR) is 267 cm³/mol. The minimum absolute atomic E-state index is 0.822. The molecule has 0 aromatic carbocycles. The zero-order valence-electron chi connectivity index (χ0n) is 41.3. The van der Waals surface area contributed by atoms with Crippen molar-refractivity contribution in [2.24, 2.45) is 11.8 Å². The maximum atomic E-state index is 3.28. The van der Waals surface area contributed by atoms with Crippen LogP contribution in [0, 0.1) is 11.8 Å². The molecule has 0 radical (unpaired) electrons. The molecule has 0 spiro atoms. The van der Waals surface area contributed by atoms with E-state index in [9.17, 15) is 0 Å². The fourth-order valence-electron chi connectivity index (χ4n) is 8.37. The molecule has 0 bridgehead atoms. The Kier molecular flexibility index (Phi) is 48.5. The Morgan fingerprint density at radius 3 is 0.897 bits per heavy atom. The molecule has 3 heteroatoms. The van der Waals surface area contributed by atoms with E-state index in [0.29, 0.717) is 0 Å². The molecule has 1 aliphatic heterocycles. The van der Waals surface area contributed by atoms with Gasteiger partial charge < -0.3 is 15.1 Å². The standard InChI is InChI=1S/C50H100N2.C5H11N/c1-7-11-13-15-17-19-21-23-25-27-29-31-33-35-37-39-43-51(47-49(5)9-3)45-41-42-46-52(48-50(6)10-4)44-40-38-36-34-32-30-28-26-24-22-20-18-16-14-12-8-2;1-2-4-6-5-3-1/h23-26,49-50H,7-22,27-48H2,1-6H3;6H,1-5H2/b25-23+,26-24+;. The van der Waals surface area contributed by atoms with Crippen LogP contribution in [0.2, 0.25) is 0 Å². The molecule has 1 heterocycles. The van der Waals surface area contributed by atoms with Crippen LogP contribution in [0.3, 0.4) is 0 Å². The highest BCUT2D eigenvalue weighted by molar-refractivity contribution is 4.82. The summed E-state index contributed by atoms with van der Waals surface area (Å²) in [6, 6.07) is 0. The first kappa shape index (κ1) is 57.4. The summed E-state index contributed by atoms with van der Waals surface area (Å²) in [5.41, 5.74) is 0. The van der Waals surface area contributed by atoms with E-state index in [4.69, 9.17) is 0 Å². The van der Waals surface area contributed by atoms with Gasteiger partial charge in [0.15, 0.2) is 0 Å². The Labute approximate surface area is 368 Å². The topological polar surface area (TPSA) is 18.5 Å². The monoisotopic (exact) mass is 814 g/mol. The van der Waals surface area contributed by atoms with Crippen molar-refractivity contribution < 1.29 is 0 Å². The molecule has 0 aromatic rings. The molecule has 1 fully saturated rings. The highest BCUT2D eigenvalue weighted by Crippen LogP contribution is 2.15. The summed E-state index contributed by atoms with van der Waals surface area (Å²) in [4.78, 5) is 5.65. The maximum Gasteiger partial charge on any atom is 0.000692 e. The fourth-order valence-corrected chi connectivity index (χ4v) is 8.37. The van der Waals surface area contributed by atoms with Gasteiger partial charge in [-0.1, -0.05) is 201 Å². The number of allylic oxidation sites excluding steroid dienone is 4. The number of hydrogen-bond acceptors (Lipinski definition) is 3. The van der Waals surface area contributed by atoms with Gasteiger partial charge in [-0.3, -0.25) is 0 Å². The van der Waals surface area contributed by atoms with Crippen LogP contribution in [0.25, 0.3) is 0 Å². The fraction of sp³-hybridized carbons (Fsp3) is 0.927. The molecule has 0 aliphatic carbocycles. The van der Waals surface area contributed by atoms with Crippen molar-refractivity contribution in [3.63, 3.8) is 0 Å². The average molecular weight is 815 g/mol. The van der Waals surface area contributed by atoms with Gasteiger partial charge in [0.2, 0.25) is 0 Å². The Morgan fingerprint density at radius 2 is 0.638 bits per heavy atom. The summed E-state index contributed by atoms with van der Waals surface area (Å²) in [5, 5.41) is 3.28. The number of nitrogens with one attached hydrogen (secondary N) is 1. The minimum Gasteiger partial charge on any atom is -0.317 e. The van der Waals surface area contributed by atoms with Gasteiger partial charge in [-0.2, -0.15) is 0 Å². The average Bonchev–Trinajstić information content (AvgIpc) is 3.25. The summed E-state index contributed by atoms with van der Waals surface area (Å²) in [5.74, 6) is 1.64. The first-order valence-corrected chi connectivity index (χ1v) is 27.0. The molecule has 1 aliphatic rings. The van der Waals surface area contributed by atoms with Crippen molar-refractivity contribution in [3.8, 4) is 0 Å². The Hall–Kier alpha value is -0.640. The van der Waals surface area contributed by atoms with E-state index in [-0.39, 0.29) is 0 Å². The summed E-state index contributed by atoms with van der Waals surface area (Å²) in [6.07, 6.45) is 58.5. The van der Waals surface area contributed by atoms with E-state index < -0.39 is 0 Å². The van der Waals surface area contributed by atoms with E-state index in [0.717, 1.165) is 11.8 Å². The molecule has 1 N–H and O–H groups in total. The molecular formula is C55H111N3. The van der Waals surface area contributed by atoms with Gasteiger partial charge in [-0.05, 0) is 141 Å². The number of nitrogens with zero attached hydrogens (tertiary/aromatic N) is 2. The third kappa shape index (κ3) is 44.9. The van der Waals surface area contributed by atoms with Crippen LogP contribution >= 0.6 is 0 Å². The molecule has 58 heavy (non-hydrogen) atoms. The molecule has 0 saturated carbocycles. The Balaban J connectivity index is 0.00000491. The SMILES string of the molecule is C1CCNCC1.CCCCCCCC/C=C/CCCCCCCCN(CCCCN(CCCCCCCC/C=C/CCCCCCCC)CC(C)CC)CC(C)CC.